The Kier molecular flexibility index (Phi) is 6.55. The number of piperidine rings is 1. The molecular formula is C26H30N2O4. The Balaban J connectivity index is 1.29. The minimum Gasteiger partial charge on any atom is -0.493 e. The third kappa shape index (κ3) is 4.83. The fourth-order valence-electron chi connectivity index (χ4n) is 4.39. The molecule has 1 saturated heterocycles. The van der Waals surface area contributed by atoms with Gasteiger partial charge in [0.25, 0.3) is 0 Å². The van der Waals surface area contributed by atoms with E-state index >= 15 is 0 Å². The molecule has 3 aromatic rings. The normalized spacial score (nSPS) is 17.2. The highest BCUT2D eigenvalue weighted by molar-refractivity contribution is 5.95. The highest BCUT2D eigenvalue weighted by Crippen LogP contribution is 2.34. The number of carbonyl (C=O) groups is 1. The molecule has 1 aliphatic heterocycles. The lowest BCUT2D eigenvalue weighted by atomic mass is 9.84. The van der Waals surface area contributed by atoms with Crippen molar-refractivity contribution in [1.29, 1.82) is 0 Å². The lowest BCUT2D eigenvalue weighted by molar-refractivity contribution is -0.0819. The minimum absolute atomic E-state index is 0.0361. The van der Waals surface area contributed by atoms with E-state index < -0.39 is 11.8 Å². The molecule has 0 spiro atoms. The quantitative estimate of drug-likeness (QED) is 0.550. The number of aryl methyl sites for hydroxylation is 1. The van der Waals surface area contributed by atoms with Crippen molar-refractivity contribution in [3.63, 3.8) is 0 Å². The van der Waals surface area contributed by atoms with E-state index in [2.05, 4.69) is 4.98 Å². The summed E-state index contributed by atoms with van der Waals surface area (Å²) in [5.74, 6) is 0.727. The van der Waals surface area contributed by atoms with Gasteiger partial charge in [-0.25, -0.2) is 0 Å². The molecule has 1 unspecified atom stereocenters. The molecule has 1 atom stereocenters. The number of hydrogen-bond acceptors (Lipinski definition) is 6. The standard InChI is InChI=1S/C26H30N2O4/c1-18-15-22(7-8-23(18)19(2)29)32-14-9-25(30)28-12-10-26(31,11-13-28)21-16-20-5-3-4-6-24(20)27-17-21/h3-8,15-17,25,30-31H,9-14H2,1-2H3. The Bertz CT molecular complexity index is 1110. The van der Waals surface area contributed by atoms with Crippen molar-refractivity contribution in [1.82, 2.24) is 9.88 Å². The summed E-state index contributed by atoms with van der Waals surface area (Å²) in [4.78, 5) is 18.0. The first-order valence-electron chi connectivity index (χ1n) is 11.1. The Morgan fingerprint density at radius 1 is 1.19 bits per heavy atom. The Hall–Kier alpha value is -2.80. The van der Waals surface area contributed by atoms with Crippen LogP contribution in [0.5, 0.6) is 5.75 Å². The molecule has 2 aromatic carbocycles. The van der Waals surface area contributed by atoms with E-state index in [1.165, 1.54) is 0 Å². The van der Waals surface area contributed by atoms with Crippen molar-refractivity contribution >= 4 is 16.7 Å². The summed E-state index contributed by atoms with van der Waals surface area (Å²) < 4.78 is 5.78. The number of nitrogens with zero attached hydrogens (tertiary/aromatic N) is 2. The van der Waals surface area contributed by atoms with Gasteiger partial charge in [-0.1, -0.05) is 18.2 Å². The van der Waals surface area contributed by atoms with E-state index in [-0.39, 0.29) is 5.78 Å². The Labute approximate surface area is 188 Å². The lowest BCUT2D eigenvalue weighted by Gasteiger charge is -2.40. The average Bonchev–Trinajstić information content (AvgIpc) is 2.79. The van der Waals surface area contributed by atoms with Crippen molar-refractivity contribution in [2.24, 2.45) is 0 Å². The Morgan fingerprint density at radius 3 is 2.66 bits per heavy atom. The van der Waals surface area contributed by atoms with Crippen LogP contribution in [0.3, 0.4) is 0 Å². The van der Waals surface area contributed by atoms with Gasteiger partial charge in [0.2, 0.25) is 0 Å². The number of benzene rings is 2. The first-order chi connectivity index (χ1) is 15.4. The zero-order valence-corrected chi connectivity index (χ0v) is 18.6. The summed E-state index contributed by atoms with van der Waals surface area (Å²) in [6, 6.07) is 15.3. The average molecular weight is 435 g/mol. The molecular weight excluding hydrogens is 404 g/mol. The highest BCUT2D eigenvalue weighted by Gasteiger charge is 2.36. The van der Waals surface area contributed by atoms with Crippen LogP contribution in [0.15, 0.2) is 54.7 Å². The second-order valence-corrected chi connectivity index (χ2v) is 8.63. The van der Waals surface area contributed by atoms with Crippen LogP contribution in [0, 0.1) is 6.92 Å². The number of aromatic nitrogens is 1. The third-order valence-electron chi connectivity index (χ3n) is 6.40. The van der Waals surface area contributed by atoms with Crippen molar-refractivity contribution in [3.8, 4) is 5.75 Å². The molecule has 1 aromatic heterocycles. The third-order valence-corrected chi connectivity index (χ3v) is 6.40. The zero-order valence-electron chi connectivity index (χ0n) is 18.6. The van der Waals surface area contributed by atoms with Gasteiger partial charge in [0.05, 0.1) is 17.7 Å². The number of aliphatic hydroxyl groups excluding tert-OH is 1. The number of likely N-dealkylation sites (tertiary alicyclic amines) is 1. The van der Waals surface area contributed by atoms with Gasteiger partial charge < -0.3 is 14.9 Å². The molecule has 6 nitrogen and oxygen atoms in total. The molecule has 0 amide bonds. The maximum Gasteiger partial charge on any atom is 0.160 e. The van der Waals surface area contributed by atoms with Gasteiger partial charge in [-0.05, 0) is 62.6 Å². The second-order valence-electron chi connectivity index (χ2n) is 8.63. The number of rotatable bonds is 7. The molecule has 0 radical (unpaired) electrons. The number of fused-ring (bicyclic) bond motifs is 1. The number of hydrogen-bond donors (Lipinski definition) is 2. The maximum atomic E-state index is 11.5. The fraction of sp³-hybridized carbons (Fsp3) is 0.385. The number of aliphatic hydroxyl groups is 2. The Morgan fingerprint density at radius 2 is 1.94 bits per heavy atom. The molecule has 6 heteroatoms. The molecule has 2 heterocycles. The molecule has 2 N–H and O–H groups in total. The summed E-state index contributed by atoms with van der Waals surface area (Å²) in [6.07, 6.45) is 2.67. The number of pyridine rings is 1. The van der Waals surface area contributed by atoms with E-state index in [1.807, 2.05) is 48.2 Å². The van der Waals surface area contributed by atoms with Crippen LogP contribution < -0.4 is 4.74 Å². The predicted octanol–water partition coefficient (Wildman–Crippen LogP) is 3.82. The van der Waals surface area contributed by atoms with E-state index in [0.29, 0.717) is 50.3 Å². The first kappa shape index (κ1) is 22.4. The fourth-order valence-corrected chi connectivity index (χ4v) is 4.39. The van der Waals surface area contributed by atoms with Gasteiger partial charge in [-0.2, -0.15) is 0 Å². The van der Waals surface area contributed by atoms with Gasteiger partial charge >= 0.3 is 0 Å². The van der Waals surface area contributed by atoms with Crippen molar-refractivity contribution in [3.05, 3.63) is 71.4 Å². The summed E-state index contributed by atoms with van der Waals surface area (Å²) in [5.41, 5.74) is 2.39. The summed E-state index contributed by atoms with van der Waals surface area (Å²) in [5, 5.41) is 22.8. The minimum atomic E-state index is -0.931. The van der Waals surface area contributed by atoms with E-state index in [4.69, 9.17) is 4.74 Å². The van der Waals surface area contributed by atoms with Gasteiger partial charge in [-0.15, -0.1) is 0 Å². The van der Waals surface area contributed by atoms with Crippen molar-refractivity contribution < 1.29 is 19.7 Å². The van der Waals surface area contributed by atoms with Gasteiger partial charge in [-0.3, -0.25) is 14.7 Å². The zero-order chi connectivity index (χ0) is 22.7. The van der Waals surface area contributed by atoms with E-state index in [9.17, 15) is 15.0 Å². The summed E-state index contributed by atoms with van der Waals surface area (Å²) in [7, 11) is 0. The first-order valence-corrected chi connectivity index (χ1v) is 11.1. The number of para-hydroxylation sites is 1. The van der Waals surface area contributed by atoms with E-state index in [1.54, 1.807) is 25.3 Å². The molecule has 4 rings (SSSR count). The van der Waals surface area contributed by atoms with E-state index in [0.717, 1.165) is 22.0 Å². The number of ketones is 1. The summed E-state index contributed by atoms with van der Waals surface area (Å²) in [6.45, 7) is 5.00. The maximum absolute atomic E-state index is 11.5. The van der Waals surface area contributed by atoms with Crippen molar-refractivity contribution in [2.45, 2.75) is 44.9 Å². The molecule has 0 bridgehead atoms. The SMILES string of the molecule is CC(=O)c1ccc(OCCC(O)N2CCC(O)(c3cnc4ccccc4c3)CC2)cc1C. The van der Waals surface area contributed by atoms with Crippen LogP contribution in [0.1, 0.15) is 47.7 Å². The molecule has 1 aliphatic rings. The highest BCUT2D eigenvalue weighted by atomic mass is 16.5. The van der Waals surface area contributed by atoms with Crippen LogP contribution in [-0.2, 0) is 5.60 Å². The number of Topliss-reactive ketones (excluding diaryl/α,β-unsaturated/α-hetero) is 1. The smallest absolute Gasteiger partial charge is 0.160 e. The van der Waals surface area contributed by atoms with Crippen molar-refractivity contribution in [2.75, 3.05) is 19.7 Å². The van der Waals surface area contributed by atoms with Crippen LogP contribution in [-0.4, -0.2) is 51.8 Å². The molecule has 0 saturated carbocycles. The molecule has 32 heavy (non-hydrogen) atoms. The molecule has 1 fully saturated rings. The van der Waals surface area contributed by atoms with Crippen LogP contribution in [0.4, 0.5) is 0 Å². The number of carbonyl (C=O) groups excluding carboxylic acids is 1. The monoisotopic (exact) mass is 434 g/mol. The van der Waals surface area contributed by atoms with Gasteiger partial charge in [0.15, 0.2) is 5.78 Å². The van der Waals surface area contributed by atoms with Gasteiger partial charge in [0.1, 0.15) is 12.0 Å². The second kappa shape index (κ2) is 9.36. The number of ether oxygens (including phenoxy) is 1. The molecule has 168 valence electrons. The lowest BCUT2D eigenvalue weighted by Crippen LogP contribution is -2.47. The van der Waals surface area contributed by atoms with Gasteiger partial charge in [0, 0.05) is 42.2 Å². The summed E-state index contributed by atoms with van der Waals surface area (Å²) >= 11 is 0. The largest absolute Gasteiger partial charge is 0.493 e. The van der Waals surface area contributed by atoms with Crippen LogP contribution >= 0.6 is 0 Å². The molecule has 0 aliphatic carbocycles. The van der Waals surface area contributed by atoms with Crippen LogP contribution in [0.25, 0.3) is 10.9 Å². The van der Waals surface area contributed by atoms with Crippen LogP contribution in [0.2, 0.25) is 0 Å². The predicted molar refractivity (Wildman–Crippen MR) is 124 cm³/mol. The topological polar surface area (TPSA) is 82.9 Å².